The molecule has 54 valence electrons. The van der Waals surface area contributed by atoms with Crippen molar-refractivity contribution in [2.24, 2.45) is 0 Å². The molecule has 1 aliphatic heterocycles. The van der Waals surface area contributed by atoms with E-state index < -0.39 is 0 Å². The standard InChI is InChI=1S/C9H7NO/c10-6-8-9(11-8)7-4-2-1-3-5-7/h1-5,8-9H. The number of ether oxygens (including phenoxy) is 1. The Labute approximate surface area is 65.0 Å². The third kappa shape index (κ3) is 1.11. The van der Waals surface area contributed by atoms with Gasteiger partial charge in [-0.3, -0.25) is 0 Å². The molecule has 0 saturated carbocycles. The van der Waals surface area contributed by atoms with Crippen molar-refractivity contribution >= 4 is 0 Å². The van der Waals surface area contributed by atoms with Gasteiger partial charge in [0.25, 0.3) is 0 Å². The van der Waals surface area contributed by atoms with Gasteiger partial charge in [0.2, 0.25) is 0 Å². The summed E-state index contributed by atoms with van der Waals surface area (Å²) in [6.07, 6.45) is -0.182. The first-order valence-corrected chi connectivity index (χ1v) is 3.52. The smallest absolute Gasteiger partial charge is 0.175 e. The topological polar surface area (TPSA) is 36.3 Å². The first-order valence-electron chi connectivity index (χ1n) is 3.52. The van der Waals surface area contributed by atoms with Crippen molar-refractivity contribution in [3.63, 3.8) is 0 Å². The van der Waals surface area contributed by atoms with Crippen LogP contribution in [0.15, 0.2) is 30.3 Å². The van der Waals surface area contributed by atoms with Gasteiger partial charge < -0.3 is 4.74 Å². The summed E-state index contributed by atoms with van der Waals surface area (Å²) in [6, 6.07) is 11.9. The van der Waals surface area contributed by atoms with Crippen LogP contribution in [0.25, 0.3) is 0 Å². The Morgan fingerprint density at radius 2 is 2.00 bits per heavy atom. The zero-order chi connectivity index (χ0) is 7.68. The second-order valence-electron chi connectivity index (χ2n) is 2.52. The summed E-state index contributed by atoms with van der Waals surface area (Å²) in [4.78, 5) is 0. The van der Waals surface area contributed by atoms with E-state index in [1.807, 2.05) is 30.3 Å². The lowest BCUT2D eigenvalue weighted by atomic mass is 10.1. The minimum Gasteiger partial charge on any atom is -0.348 e. The molecule has 1 aliphatic rings. The molecular weight excluding hydrogens is 138 g/mol. The van der Waals surface area contributed by atoms with E-state index in [0.717, 1.165) is 5.56 Å². The van der Waals surface area contributed by atoms with Gasteiger partial charge in [0.05, 0.1) is 6.07 Å². The zero-order valence-corrected chi connectivity index (χ0v) is 5.90. The van der Waals surface area contributed by atoms with Crippen molar-refractivity contribution in [2.75, 3.05) is 0 Å². The molecular formula is C9H7NO. The molecule has 0 N–H and O–H groups in total. The van der Waals surface area contributed by atoms with Gasteiger partial charge in [-0.2, -0.15) is 5.26 Å². The van der Waals surface area contributed by atoms with Crippen molar-refractivity contribution in [3.05, 3.63) is 35.9 Å². The Balaban J connectivity index is 2.16. The number of epoxide rings is 1. The van der Waals surface area contributed by atoms with E-state index >= 15 is 0 Å². The first kappa shape index (κ1) is 6.38. The molecule has 0 radical (unpaired) electrons. The van der Waals surface area contributed by atoms with Gasteiger partial charge >= 0.3 is 0 Å². The normalized spacial score (nSPS) is 27.5. The molecule has 0 spiro atoms. The van der Waals surface area contributed by atoms with Gasteiger partial charge in [0.15, 0.2) is 6.10 Å². The summed E-state index contributed by atoms with van der Waals surface area (Å²) in [7, 11) is 0. The highest BCUT2D eigenvalue weighted by molar-refractivity contribution is 5.25. The lowest BCUT2D eigenvalue weighted by molar-refractivity contribution is 0.396. The minimum absolute atomic E-state index is 0.0289. The quantitative estimate of drug-likeness (QED) is 0.563. The molecule has 11 heavy (non-hydrogen) atoms. The van der Waals surface area contributed by atoms with E-state index in [9.17, 15) is 0 Å². The van der Waals surface area contributed by atoms with Crippen LogP contribution in [0.4, 0.5) is 0 Å². The molecule has 0 bridgehead atoms. The summed E-state index contributed by atoms with van der Waals surface area (Å²) in [5, 5.41) is 8.46. The summed E-state index contributed by atoms with van der Waals surface area (Å²) in [6.45, 7) is 0. The van der Waals surface area contributed by atoms with Gasteiger partial charge in [0, 0.05) is 0 Å². The van der Waals surface area contributed by atoms with Gasteiger partial charge in [0.1, 0.15) is 6.10 Å². The molecule has 2 rings (SSSR count). The SMILES string of the molecule is N#CC1OC1c1ccccc1. The summed E-state index contributed by atoms with van der Waals surface area (Å²) in [5.41, 5.74) is 1.10. The molecule has 1 heterocycles. The molecule has 2 nitrogen and oxygen atoms in total. The largest absolute Gasteiger partial charge is 0.348 e. The lowest BCUT2D eigenvalue weighted by Gasteiger charge is -1.90. The van der Waals surface area contributed by atoms with Crippen LogP contribution in [0.5, 0.6) is 0 Å². The van der Waals surface area contributed by atoms with Crippen molar-refractivity contribution in [1.82, 2.24) is 0 Å². The van der Waals surface area contributed by atoms with E-state index in [1.165, 1.54) is 0 Å². The van der Waals surface area contributed by atoms with E-state index in [0.29, 0.717) is 0 Å². The Bertz CT molecular complexity index is 288. The predicted octanol–water partition coefficient (Wildman–Crippen LogP) is 1.65. The minimum atomic E-state index is -0.211. The maximum atomic E-state index is 8.46. The van der Waals surface area contributed by atoms with E-state index in [4.69, 9.17) is 10.00 Å². The lowest BCUT2D eigenvalue weighted by Crippen LogP contribution is -1.82. The fourth-order valence-corrected chi connectivity index (χ4v) is 1.11. The van der Waals surface area contributed by atoms with Crippen LogP contribution in [0, 0.1) is 11.3 Å². The molecule has 0 aromatic heterocycles. The number of nitriles is 1. The van der Waals surface area contributed by atoms with Gasteiger partial charge in [-0.25, -0.2) is 0 Å². The monoisotopic (exact) mass is 145 g/mol. The third-order valence-electron chi connectivity index (χ3n) is 1.75. The Hall–Kier alpha value is -1.33. The molecule has 1 saturated heterocycles. The Kier molecular flexibility index (Phi) is 1.38. The second-order valence-corrected chi connectivity index (χ2v) is 2.52. The van der Waals surface area contributed by atoms with Gasteiger partial charge in [-0.1, -0.05) is 30.3 Å². The molecule has 2 atom stereocenters. The van der Waals surface area contributed by atoms with Crippen molar-refractivity contribution < 1.29 is 4.74 Å². The average Bonchev–Trinajstić information content (AvgIpc) is 2.85. The Morgan fingerprint density at radius 1 is 1.27 bits per heavy atom. The van der Waals surface area contributed by atoms with Crippen LogP contribution in [0.3, 0.4) is 0 Å². The number of benzene rings is 1. The van der Waals surface area contributed by atoms with Crippen LogP contribution in [-0.2, 0) is 4.74 Å². The molecule has 0 aliphatic carbocycles. The summed E-state index contributed by atoms with van der Waals surface area (Å²) in [5.74, 6) is 0. The van der Waals surface area contributed by atoms with Crippen LogP contribution in [0.2, 0.25) is 0 Å². The van der Waals surface area contributed by atoms with Crippen molar-refractivity contribution in [3.8, 4) is 6.07 Å². The number of hydrogen-bond donors (Lipinski definition) is 0. The number of hydrogen-bond acceptors (Lipinski definition) is 2. The fourth-order valence-electron chi connectivity index (χ4n) is 1.11. The number of rotatable bonds is 1. The Morgan fingerprint density at radius 3 is 2.55 bits per heavy atom. The average molecular weight is 145 g/mol. The summed E-state index contributed by atoms with van der Waals surface area (Å²) < 4.78 is 5.09. The summed E-state index contributed by atoms with van der Waals surface area (Å²) >= 11 is 0. The highest BCUT2D eigenvalue weighted by atomic mass is 16.6. The molecule has 1 fully saturated rings. The maximum absolute atomic E-state index is 8.46. The molecule has 0 amide bonds. The molecule has 1 aromatic rings. The predicted molar refractivity (Wildman–Crippen MR) is 39.7 cm³/mol. The zero-order valence-electron chi connectivity index (χ0n) is 5.90. The van der Waals surface area contributed by atoms with Crippen LogP contribution in [0.1, 0.15) is 11.7 Å². The van der Waals surface area contributed by atoms with Crippen LogP contribution in [-0.4, -0.2) is 6.10 Å². The van der Waals surface area contributed by atoms with Crippen LogP contribution >= 0.6 is 0 Å². The van der Waals surface area contributed by atoms with Crippen LogP contribution < -0.4 is 0 Å². The van der Waals surface area contributed by atoms with E-state index in [2.05, 4.69) is 6.07 Å². The van der Waals surface area contributed by atoms with E-state index in [1.54, 1.807) is 0 Å². The second kappa shape index (κ2) is 2.37. The van der Waals surface area contributed by atoms with Gasteiger partial charge in [-0.05, 0) is 5.56 Å². The van der Waals surface area contributed by atoms with Crippen molar-refractivity contribution in [1.29, 1.82) is 5.26 Å². The maximum Gasteiger partial charge on any atom is 0.175 e. The molecule has 1 aromatic carbocycles. The fraction of sp³-hybridized carbons (Fsp3) is 0.222. The van der Waals surface area contributed by atoms with Gasteiger partial charge in [-0.15, -0.1) is 0 Å². The third-order valence-corrected chi connectivity index (χ3v) is 1.75. The highest BCUT2D eigenvalue weighted by Gasteiger charge is 2.40. The molecule has 2 heteroatoms. The first-order chi connectivity index (χ1) is 5.42. The van der Waals surface area contributed by atoms with Crippen molar-refractivity contribution in [2.45, 2.75) is 12.2 Å². The highest BCUT2D eigenvalue weighted by Crippen LogP contribution is 2.37. The number of nitrogens with zero attached hydrogens (tertiary/aromatic N) is 1. The van der Waals surface area contributed by atoms with E-state index in [-0.39, 0.29) is 12.2 Å². The molecule has 2 unspecified atom stereocenters.